The van der Waals surface area contributed by atoms with Gasteiger partial charge in [0.25, 0.3) is 0 Å². The van der Waals surface area contributed by atoms with E-state index in [1.807, 2.05) is 12.2 Å². The number of nitrogens with zero attached hydrogens (tertiary/aromatic N) is 1. The van der Waals surface area contributed by atoms with Gasteiger partial charge in [0.05, 0.1) is 0 Å². The lowest BCUT2D eigenvalue weighted by Crippen LogP contribution is -2.32. The quantitative estimate of drug-likeness (QED) is 0.561. The van der Waals surface area contributed by atoms with E-state index >= 15 is 0 Å². The second-order valence-electron chi connectivity index (χ2n) is 2.19. The largest absolute Gasteiger partial charge is 0.465 e. The van der Waals surface area contributed by atoms with E-state index in [0.29, 0.717) is 13.1 Å². The molecule has 0 aromatic carbocycles. The number of hydrogen-bond donors (Lipinski definition) is 1. The van der Waals surface area contributed by atoms with Gasteiger partial charge in [-0.25, -0.2) is 4.79 Å². The molecular weight excluding hydrogens is 198 g/mol. The van der Waals surface area contributed by atoms with Gasteiger partial charge in [-0.05, 0) is 6.42 Å². The summed E-state index contributed by atoms with van der Waals surface area (Å²) in [5, 5.41) is 8.43. The second kappa shape index (κ2) is 6.18. The number of rotatable bonds is 0. The van der Waals surface area contributed by atoms with Crippen molar-refractivity contribution in [2.24, 2.45) is 0 Å². The van der Waals surface area contributed by atoms with Gasteiger partial charge < -0.3 is 10.0 Å². The summed E-state index contributed by atoms with van der Waals surface area (Å²) in [7, 11) is -3.11. The first-order valence-electron chi connectivity index (χ1n) is 3.43. The fourth-order valence-corrected chi connectivity index (χ4v) is 0.815. The molecule has 1 amide bonds. The zero-order valence-corrected chi connectivity index (χ0v) is 7.53. The van der Waals surface area contributed by atoms with E-state index in [0.717, 1.165) is 6.42 Å². The predicted octanol–water partition coefficient (Wildman–Crippen LogP) is -0.0778. The Morgan fingerprint density at radius 1 is 1.31 bits per heavy atom. The molecule has 1 rings (SSSR count). The van der Waals surface area contributed by atoms with Gasteiger partial charge in [0.2, 0.25) is 0 Å². The van der Waals surface area contributed by atoms with Crippen LogP contribution < -0.4 is 0 Å². The zero-order chi connectivity index (χ0) is 10.3. The Morgan fingerprint density at radius 3 is 2.08 bits per heavy atom. The number of carboxylic acid groups (broad SMARTS) is 1. The third-order valence-corrected chi connectivity index (χ3v) is 1.33. The molecule has 6 nitrogen and oxygen atoms in total. The van der Waals surface area contributed by atoms with Crippen molar-refractivity contribution in [3.05, 3.63) is 12.2 Å². The van der Waals surface area contributed by atoms with Crippen LogP contribution in [0, 0.1) is 0 Å². The Kier molecular flexibility index (Phi) is 5.53. The Bertz CT molecular complexity index is 285. The predicted molar refractivity (Wildman–Crippen MR) is 43.1 cm³/mol. The van der Waals surface area contributed by atoms with Gasteiger partial charge >= 0.3 is 16.7 Å². The zero-order valence-electron chi connectivity index (χ0n) is 6.71. The lowest BCUT2D eigenvalue weighted by Gasteiger charge is -2.18. The van der Waals surface area contributed by atoms with Crippen LogP contribution in [-0.4, -0.2) is 41.8 Å². The summed E-state index contributed by atoms with van der Waals surface area (Å²) >= 11 is 0. The lowest BCUT2D eigenvalue weighted by atomic mass is 10.3. The van der Waals surface area contributed by atoms with E-state index < -0.39 is 16.7 Å². The number of hydrogen-bond acceptors (Lipinski definition) is 4. The molecule has 0 radical (unpaired) electrons. The molecule has 1 N–H and O–H groups in total. The van der Waals surface area contributed by atoms with Crippen molar-refractivity contribution in [3.8, 4) is 0 Å². The van der Waals surface area contributed by atoms with Crippen molar-refractivity contribution in [2.75, 3.05) is 13.1 Å². The molecule has 7 heteroatoms. The molecule has 1 heterocycles. The molecular formula is C6H9NO5S. The van der Waals surface area contributed by atoms with Gasteiger partial charge in [-0.3, -0.25) is 0 Å². The van der Waals surface area contributed by atoms with Crippen molar-refractivity contribution in [3.63, 3.8) is 0 Å². The minimum absolute atomic E-state index is 0.551. The topological polar surface area (TPSA) is 91.8 Å². The summed E-state index contributed by atoms with van der Waals surface area (Å²) in [6, 6.07) is 0. The van der Waals surface area contributed by atoms with Gasteiger partial charge in [-0.1, -0.05) is 12.2 Å². The van der Waals surface area contributed by atoms with Gasteiger partial charge in [0, 0.05) is 13.1 Å². The highest BCUT2D eigenvalue weighted by atomic mass is 32.2. The minimum Gasteiger partial charge on any atom is -0.465 e. The molecule has 1 aliphatic heterocycles. The first-order chi connectivity index (χ1) is 6.04. The van der Waals surface area contributed by atoms with Crippen molar-refractivity contribution in [1.29, 1.82) is 0 Å². The standard InChI is InChI=1S/C6H9NO2.O3S/c8-6(9)7-4-2-1-3-5-7;1-4(2)3/h1-2H,3-5H2,(H,8,9);. The molecule has 0 aromatic heterocycles. The van der Waals surface area contributed by atoms with Crippen LogP contribution in [0.2, 0.25) is 0 Å². The van der Waals surface area contributed by atoms with Crippen LogP contribution in [-0.2, 0) is 10.6 Å². The van der Waals surface area contributed by atoms with E-state index in [1.54, 1.807) is 0 Å². The number of amides is 1. The van der Waals surface area contributed by atoms with Crippen LogP contribution in [0.15, 0.2) is 12.2 Å². The average Bonchev–Trinajstić information content (AvgIpc) is 2.05. The number of carbonyl (C=O) groups is 1. The monoisotopic (exact) mass is 207 g/mol. The first-order valence-corrected chi connectivity index (χ1v) is 4.43. The molecule has 0 bridgehead atoms. The summed E-state index contributed by atoms with van der Waals surface area (Å²) in [5.74, 6) is 0. The molecule has 0 spiro atoms. The Morgan fingerprint density at radius 2 is 1.85 bits per heavy atom. The molecule has 0 atom stereocenters. The van der Waals surface area contributed by atoms with E-state index in [-0.39, 0.29) is 0 Å². The normalized spacial score (nSPS) is 14.3. The highest BCUT2D eigenvalue weighted by molar-refractivity contribution is 7.59. The Labute approximate surface area is 76.5 Å². The van der Waals surface area contributed by atoms with Crippen molar-refractivity contribution >= 4 is 16.7 Å². The average molecular weight is 207 g/mol. The van der Waals surface area contributed by atoms with Crippen molar-refractivity contribution in [2.45, 2.75) is 6.42 Å². The van der Waals surface area contributed by atoms with Gasteiger partial charge in [-0.15, -0.1) is 12.6 Å². The van der Waals surface area contributed by atoms with Crippen LogP contribution in [0.5, 0.6) is 0 Å². The maximum atomic E-state index is 10.2. The third-order valence-electron chi connectivity index (χ3n) is 1.33. The fraction of sp³-hybridized carbons (Fsp3) is 0.500. The highest BCUT2D eigenvalue weighted by Crippen LogP contribution is 1.99. The summed E-state index contributed by atoms with van der Waals surface area (Å²) in [6.07, 6.45) is 3.91. The Hall–Kier alpha value is -1.37. The van der Waals surface area contributed by atoms with Crippen LogP contribution in [0.3, 0.4) is 0 Å². The van der Waals surface area contributed by atoms with Gasteiger partial charge in [-0.2, -0.15) is 0 Å². The molecule has 1 aliphatic rings. The van der Waals surface area contributed by atoms with Crippen LogP contribution in [0.25, 0.3) is 0 Å². The molecule has 0 unspecified atom stereocenters. The third kappa shape index (κ3) is 7.01. The van der Waals surface area contributed by atoms with Crippen LogP contribution in [0.4, 0.5) is 4.79 Å². The molecule has 0 saturated heterocycles. The molecule has 0 aromatic rings. The Balaban J connectivity index is 0.000000310. The maximum absolute atomic E-state index is 10.2. The minimum atomic E-state index is -3.11. The van der Waals surface area contributed by atoms with E-state index in [2.05, 4.69) is 0 Å². The second-order valence-corrected chi connectivity index (χ2v) is 2.60. The van der Waals surface area contributed by atoms with Crippen molar-refractivity contribution < 1.29 is 22.5 Å². The summed E-state index contributed by atoms with van der Waals surface area (Å²) in [4.78, 5) is 11.6. The van der Waals surface area contributed by atoms with Crippen molar-refractivity contribution in [1.82, 2.24) is 4.90 Å². The highest BCUT2D eigenvalue weighted by Gasteiger charge is 2.09. The maximum Gasteiger partial charge on any atom is 0.425 e. The molecule has 0 aliphatic carbocycles. The first kappa shape index (κ1) is 11.6. The smallest absolute Gasteiger partial charge is 0.425 e. The lowest BCUT2D eigenvalue weighted by molar-refractivity contribution is 0.149. The molecule has 13 heavy (non-hydrogen) atoms. The van der Waals surface area contributed by atoms with E-state index in [9.17, 15) is 4.79 Å². The summed E-state index contributed by atoms with van der Waals surface area (Å²) in [5.41, 5.74) is 0. The van der Waals surface area contributed by atoms with Gasteiger partial charge in [0.15, 0.2) is 0 Å². The SMILES string of the molecule is O=C(O)N1CC=CCC1.O=S(=O)=O. The van der Waals surface area contributed by atoms with Gasteiger partial charge in [0.1, 0.15) is 0 Å². The fourth-order valence-electron chi connectivity index (χ4n) is 0.815. The molecule has 0 saturated carbocycles. The summed E-state index contributed by atoms with van der Waals surface area (Å²) in [6.45, 7) is 1.20. The summed E-state index contributed by atoms with van der Waals surface area (Å²) < 4.78 is 25.3. The van der Waals surface area contributed by atoms with E-state index in [4.69, 9.17) is 17.7 Å². The van der Waals surface area contributed by atoms with Crippen LogP contribution in [0.1, 0.15) is 6.42 Å². The van der Waals surface area contributed by atoms with E-state index in [1.165, 1.54) is 4.90 Å². The van der Waals surface area contributed by atoms with Crippen LogP contribution >= 0.6 is 0 Å². The molecule has 74 valence electrons. The molecule has 0 fully saturated rings.